The first kappa shape index (κ1) is 10.2. The SMILES string of the molecule is Cc1c(CC#N)nc(C2CCCC2)n1C. The zero-order valence-electron chi connectivity index (χ0n) is 9.45. The molecule has 0 amide bonds. The van der Waals surface area contributed by atoms with Gasteiger partial charge in [-0.05, 0) is 19.8 Å². The molecule has 0 unspecified atom stereocenters. The summed E-state index contributed by atoms with van der Waals surface area (Å²) in [6.07, 6.45) is 5.60. The molecular formula is C12H17N3. The van der Waals surface area contributed by atoms with Crippen LogP contribution < -0.4 is 0 Å². The predicted molar refractivity (Wildman–Crippen MR) is 58.5 cm³/mol. The summed E-state index contributed by atoms with van der Waals surface area (Å²) in [6.45, 7) is 2.05. The maximum atomic E-state index is 8.71. The summed E-state index contributed by atoms with van der Waals surface area (Å²) in [5, 5.41) is 8.71. The maximum Gasteiger partial charge on any atom is 0.112 e. The van der Waals surface area contributed by atoms with Crippen LogP contribution >= 0.6 is 0 Å². The second-order valence-corrected chi connectivity index (χ2v) is 4.38. The van der Waals surface area contributed by atoms with Crippen LogP contribution in [0.15, 0.2) is 0 Å². The molecular weight excluding hydrogens is 186 g/mol. The van der Waals surface area contributed by atoms with Gasteiger partial charge in [0, 0.05) is 18.7 Å². The molecule has 15 heavy (non-hydrogen) atoms. The number of aromatic nitrogens is 2. The minimum absolute atomic E-state index is 0.437. The Balaban J connectivity index is 2.32. The molecule has 0 saturated heterocycles. The Morgan fingerprint density at radius 1 is 1.47 bits per heavy atom. The summed E-state index contributed by atoms with van der Waals surface area (Å²) < 4.78 is 2.17. The monoisotopic (exact) mass is 203 g/mol. The first-order valence-electron chi connectivity index (χ1n) is 5.63. The van der Waals surface area contributed by atoms with E-state index < -0.39 is 0 Å². The van der Waals surface area contributed by atoms with Gasteiger partial charge in [0.1, 0.15) is 5.82 Å². The van der Waals surface area contributed by atoms with Crippen LogP contribution in [0.4, 0.5) is 0 Å². The highest BCUT2D eigenvalue weighted by molar-refractivity contribution is 5.20. The summed E-state index contributed by atoms with van der Waals surface area (Å²) in [5.41, 5.74) is 2.11. The molecule has 0 aliphatic heterocycles. The van der Waals surface area contributed by atoms with Crippen molar-refractivity contribution in [2.24, 2.45) is 7.05 Å². The lowest BCUT2D eigenvalue weighted by atomic mass is 10.1. The standard InChI is InChI=1S/C12H17N3/c1-9-11(7-8-13)14-12(15(9)2)10-5-3-4-6-10/h10H,3-7H2,1-2H3. The van der Waals surface area contributed by atoms with Crippen molar-refractivity contribution in [3.05, 3.63) is 17.2 Å². The Bertz CT molecular complexity index is 392. The Hall–Kier alpha value is -1.30. The van der Waals surface area contributed by atoms with Crippen LogP contribution in [0.5, 0.6) is 0 Å². The molecule has 1 aromatic rings. The number of nitrogens with zero attached hydrogens (tertiary/aromatic N) is 3. The zero-order chi connectivity index (χ0) is 10.8. The van der Waals surface area contributed by atoms with Crippen LogP contribution in [0.2, 0.25) is 0 Å². The van der Waals surface area contributed by atoms with E-state index in [1.165, 1.54) is 31.5 Å². The third-order valence-electron chi connectivity index (χ3n) is 3.48. The maximum absolute atomic E-state index is 8.71. The van der Waals surface area contributed by atoms with Gasteiger partial charge in [0.25, 0.3) is 0 Å². The minimum Gasteiger partial charge on any atom is -0.335 e. The van der Waals surface area contributed by atoms with Gasteiger partial charge in [0.2, 0.25) is 0 Å². The largest absolute Gasteiger partial charge is 0.335 e. The molecule has 0 spiro atoms. The molecule has 0 aromatic carbocycles. The molecule has 0 radical (unpaired) electrons. The normalized spacial score (nSPS) is 16.9. The van der Waals surface area contributed by atoms with Gasteiger partial charge in [-0.25, -0.2) is 4.98 Å². The Kier molecular flexibility index (Phi) is 2.77. The molecule has 3 heteroatoms. The van der Waals surface area contributed by atoms with Crippen molar-refractivity contribution < 1.29 is 0 Å². The molecule has 1 saturated carbocycles. The van der Waals surface area contributed by atoms with Crippen LogP contribution in [0.25, 0.3) is 0 Å². The van der Waals surface area contributed by atoms with Gasteiger partial charge < -0.3 is 4.57 Å². The highest BCUT2D eigenvalue weighted by Gasteiger charge is 2.23. The van der Waals surface area contributed by atoms with E-state index in [4.69, 9.17) is 5.26 Å². The van der Waals surface area contributed by atoms with E-state index in [0.29, 0.717) is 12.3 Å². The highest BCUT2D eigenvalue weighted by Crippen LogP contribution is 2.33. The third kappa shape index (κ3) is 1.77. The van der Waals surface area contributed by atoms with Gasteiger partial charge in [-0.15, -0.1) is 0 Å². The summed E-state index contributed by atoms with van der Waals surface area (Å²) >= 11 is 0. The molecule has 0 atom stereocenters. The van der Waals surface area contributed by atoms with Gasteiger partial charge in [-0.1, -0.05) is 12.8 Å². The van der Waals surface area contributed by atoms with Gasteiger partial charge in [-0.2, -0.15) is 5.26 Å². The van der Waals surface area contributed by atoms with Crippen molar-refractivity contribution in [3.63, 3.8) is 0 Å². The van der Waals surface area contributed by atoms with Gasteiger partial charge in [0.15, 0.2) is 0 Å². The van der Waals surface area contributed by atoms with E-state index in [9.17, 15) is 0 Å². The summed E-state index contributed by atoms with van der Waals surface area (Å²) in [4.78, 5) is 4.62. The lowest BCUT2D eigenvalue weighted by molar-refractivity contribution is 0.627. The van der Waals surface area contributed by atoms with E-state index in [2.05, 4.69) is 29.6 Å². The number of hydrogen-bond acceptors (Lipinski definition) is 2. The number of hydrogen-bond donors (Lipinski definition) is 0. The van der Waals surface area contributed by atoms with Crippen molar-refractivity contribution in [1.82, 2.24) is 9.55 Å². The van der Waals surface area contributed by atoms with Gasteiger partial charge in [0.05, 0.1) is 18.2 Å². The summed E-state index contributed by atoms with van der Waals surface area (Å²) in [5.74, 6) is 1.82. The molecule has 1 heterocycles. The van der Waals surface area contributed by atoms with Crippen LogP contribution in [0.3, 0.4) is 0 Å². The summed E-state index contributed by atoms with van der Waals surface area (Å²) in [7, 11) is 2.07. The quantitative estimate of drug-likeness (QED) is 0.740. The van der Waals surface area contributed by atoms with Crippen molar-refractivity contribution in [2.45, 2.75) is 44.9 Å². The molecule has 0 bridgehead atoms. The molecule has 2 rings (SSSR count). The van der Waals surface area contributed by atoms with Crippen molar-refractivity contribution in [2.75, 3.05) is 0 Å². The van der Waals surface area contributed by atoms with Crippen LogP contribution in [0.1, 0.15) is 48.8 Å². The Morgan fingerprint density at radius 3 is 2.73 bits per heavy atom. The van der Waals surface area contributed by atoms with E-state index in [1.54, 1.807) is 0 Å². The van der Waals surface area contributed by atoms with Gasteiger partial charge in [-0.3, -0.25) is 0 Å². The molecule has 0 N–H and O–H groups in total. The molecule has 1 aromatic heterocycles. The van der Waals surface area contributed by atoms with E-state index in [-0.39, 0.29) is 0 Å². The Morgan fingerprint density at radius 2 is 2.13 bits per heavy atom. The van der Waals surface area contributed by atoms with E-state index in [1.807, 2.05) is 0 Å². The molecule has 1 aliphatic carbocycles. The average Bonchev–Trinajstić information content (AvgIpc) is 2.82. The molecule has 1 aliphatic rings. The number of nitriles is 1. The van der Waals surface area contributed by atoms with E-state index in [0.717, 1.165) is 11.4 Å². The van der Waals surface area contributed by atoms with E-state index >= 15 is 0 Å². The molecule has 80 valence electrons. The van der Waals surface area contributed by atoms with Crippen LogP contribution in [-0.2, 0) is 13.5 Å². The Labute approximate surface area is 90.7 Å². The fourth-order valence-electron chi connectivity index (χ4n) is 2.45. The molecule has 1 fully saturated rings. The zero-order valence-corrected chi connectivity index (χ0v) is 9.45. The van der Waals surface area contributed by atoms with Crippen LogP contribution in [-0.4, -0.2) is 9.55 Å². The van der Waals surface area contributed by atoms with Gasteiger partial charge >= 0.3 is 0 Å². The second kappa shape index (κ2) is 4.06. The summed E-state index contributed by atoms with van der Waals surface area (Å²) in [6, 6.07) is 2.18. The number of imidazole rings is 1. The lowest BCUT2D eigenvalue weighted by Gasteiger charge is -2.08. The first-order valence-corrected chi connectivity index (χ1v) is 5.63. The number of rotatable bonds is 2. The fraction of sp³-hybridized carbons (Fsp3) is 0.667. The highest BCUT2D eigenvalue weighted by atomic mass is 15.1. The second-order valence-electron chi connectivity index (χ2n) is 4.38. The fourth-order valence-corrected chi connectivity index (χ4v) is 2.45. The average molecular weight is 203 g/mol. The topological polar surface area (TPSA) is 41.6 Å². The lowest BCUT2D eigenvalue weighted by Crippen LogP contribution is -2.03. The minimum atomic E-state index is 0.437. The smallest absolute Gasteiger partial charge is 0.112 e. The van der Waals surface area contributed by atoms with Crippen molar-refractivity contribution in [3.8, 4) is 6.07 Å². The first-order chi connectivity index (χ1) is 7.24. The third-order valence-corrected chi connectivity index (χ3v) is 3.48. The van der Waals surface area contributed by atoms with Crippen molar-refractivity contribution >= 4 is 0 Å². The predicted octanol–water partition coefficient (Wildman–Crippen LogP) is 2.45. The van der Waals surface area contributed by atoms with Crippen LogP contribution in [0, 0.1) is 18.3 Å². The van der Waals surface area contributed by atoms with Crippen molar-refractivity contribution in [1.29, 1.82) is 5.26 Å². The molecule has 3 nitrogen and oxygen atoms in total.